The highest BCUT2D eigenvalue weighted by Crippen LogP contribution is 2.10. The lowest BCUT2D eigenvalue weighted by molar-refractivity contribution is -0.696. The first-order valence-corrected chi connectivity index (χ1v) is 6.78. The van der Waals surface area contributed by atoms with E-state index in [-0.39, 0.29) is 0 Å². The van der Waals surface area contributed by atoms with Gasteiger partial charge in [0.15, 0.2) is 12.4 Å². The van der Waals surface area contributed by atoms with E-state index in [1.54, 1.807) is 0 Å². The third-order valence-corrected chi connectivity index (χ3v) is 3.27. The predicted molar refractivity (Wildman–Crippen MR) is 72.9 cm³/mol. The summed E-state index contributed by atoms with van der Waals surface area (Å²) in [5, 5.41) is 2.67. The number of aryl methyl sites for hydroxylation is 1. The minimum Gasteiger partial charge on any atom is -0.205 e. The van der Waals surface area contributed by atoms with Crippen LogP contribution in [-0.4, -0.2) is 0 Å². The van der Waals surface area contributed by atoms with Crippen LogP contribution in [0.4, 0.5) is 0 Å². The second-order valence-corrected chi connectivity index (χ2v) is 4.73. The topological polar surface area (TPSA) is 3.88 Å². The van der Waals surface area contributed by atoms with Gasteiger partial charge in [-0.15, -0.1) is 0 Å². The molecule has 0 radical (unpaired) electrons. The second kappa shape index (κ2) is 6.39. The van der Waals surface area contributed by atoms with Crippen molar-refractivity contribution in [3.8, 4) is 0 Å². The van der Waals surface area contributed by atoms with Gasteiger partial charge in [-0.3, -0.25) is 0 Å². The monoisotopic (exact) mass is 228 g/mol. The van der Waals surface area contributed by atoms with E-state index >= 15 is 0 Å². The minimum atomic E-state index is 1.15. The van der Waals surface area contributed by atoms with E-state index in [4.69, 9.17) is 0 Å². The minimum absolute atomic E-state index is 1.15. The summed E-state index contributed by atoms with van der Waals surface area (Å²) in [4.78, 5) is 0. The normalized spacial score (nSPS) is 10.9. The Morgan fingerprint density at radius 3 is 2.47 bits per heavy atom. The molecule has 0 spiro atoms. The second-order valence-electron chi connectivity index (χ2n) is 4.73. The van der Waals surface area contributed by atoms with Crippen molar-refractivity contribution >= 4 is 10.8 Å². The number of aromatic nitrogens is 1. The molecular weight excluding hydrogens is 206 g/mol. The Hall–Kier alpha value is -1.37. The summed E-state index contributed by atoms with van der Waals surface area (Å²) < 4.78 is 2.31. The van der Waals surface area contributed by atoms with Gasteiger partial charge in [-0.1, -0.05) is 44.4 Å². The Balaban J connectivity index is 1.90. The zero-order valence-electron chi connectivity index (χ0n) is 10.7. The smallest absolute Gasteiger partial charge is 0.176 e. The van der Waals surface area contributed by atoms with Crippen molar-refractivity contribution in [1.82, 2.24) is 0 Å². The van der Waals surface area contributed by atoms with Gasteiger partial charge >= 0.3 is 0 Å². The largest absolute Gasteiger partial charge is 0.205 e. The first kappa shape index (κ1) is 12.1. The van der Waals surface area contributed by atoms with Gasteiger partial charge in [-0.05, 0) is 17.9 Å². The molecule has 90 valence electrons. The summed E-state index contributed by atoms with van der Waals surface area (Å²) in [6.07, 6.45) is 11.2. The maximum atomic E-state index is 2.31. The van der Waals surface area contributed by atoms with Crippen molar-refractivity contribution < 1.29 is 4.57 Å². The summed E-state index contributed by atoms with van der Waals surface area (Å²) in [5.41, 5.74) is 0. The van der Waals surface area contributed by atoms with Crippen LogP contribution in [0.3, 0.4) is 0 Å². The molecule has 0 N–H and O–H groups in total. The lowest BCUT2D eigenvalue weighted by Gasteiger charge is -1.99. The van der Waals surface area contributed by atoms with Gasteiger partial charge < -0.3 is 0 Å². The standard InChI is InChI=1S/C16H22N/c1-2-3-4-5-8-12-17-13-11-15-9-6-7-10-16(15)14-17/h6-7,9-11,13-14H,2-5,8,12H2,1H3/q+1. The molecule has 1 heterocycles. The van der Waals surface area contributed by atoms with Gasteiger partial charge in [0, 0.05) is 17.9 Å². The van der Waals surface area contributed by atoms with E-state index in [1.807, 2.05) is 0 Å². The average molecular weight is 228 g/mol. The first-order chi connectivity index (χ1) is 8.40. The Bertz CT molecular complexity index is 462. The van der Waals surface area contributed by atoms with E-state index < -0.39 is 0 Å². The number of nitrogens with zero attached hydrogens (tertiary/aromatic N) is 1. The van der Waals surface area contributed by atoms with Crippen LogP contribution in [0.5, 0.6) is 0 Å². The fourth-order valence-corrected chi connectivity index (χ4v) is 2.21. The molecule has 1 aromatic carbocycles. The molecule has 0 aliphatic carbocycles. The summed E-state index contributed by atoms with van der Waals surface area (Å²) in [6, 6.07) is 10.8. The Morgan fingerprint density at radius 2 is 1.65 bits per heavy atom. The quantitative estimate of drug-likeness (QED) is 0.518. The zero-order chi connectivity index (χ0) is 11.9. The molecule has 1 nitrogen and oxygen atoms in total. The number of benzene rings is 1. The Labute approximate surface area is 104 Å². The molecule has 2 rings (SSSR count). The maximum absolute atomic E-state index is 2.31. The summed E-state index contributed by atoms with van der Waals surface area (Å²) in [7, 11) is 0. The van der Waals surface area contributed by atoms with Crippen LogP contribution in [0.25, 0.3) is 10.8 Å². The predicted octanol–water partition coefficient (Wildman–Crippen LogP) is 4.10. The van der Waals surface area contributed by atoms with Crippen molar-refractivity contribution in [2.24, 2.45) is 0 Å². The van der Waals surface area contributed by atoms with Crippen molar-refractivity contribution in [3.63, 3.8) is 0 Å². The van der Waals surface area contributed by atoms with E-state index in [0.717, 1.165) is 6.54 Å². The first-order valence-electron chi connectivity index (χ1n) is 6.78. The molecule has 1 heteroatoms. The molecule has 0 saturated carbocycles. The number of rotatable bonds is 6. The molecule has 0 fully saturated rings. The van der Waals surface area contributed by atoms with E-state index in [2.05, 4.69) is 54.2 Å². The highest BCUT2D eigenvalue weighted by molar-refractivity contribution is 5.80. The van der Waals surface area contributed by atoms with E-state index in [0.29, 0.717) is 0 Å². The van der Waals surface area contributed by atoms with Crippen LogP contribution in [0.1, 0.15) is 39.0 Å². The van der Waals surface area contributed by atoms with Crippen molar-refractivity contribution in [2.75, 3.05) is 0 Å². The highest BCUT2D eigenvalue weighted by Gasteiger charge is 2.01. The van der Waals surface area contributed by atoms with E-state index in [1.165, 1.54) is 42.9 Å². The third kappa shape index (κ3) is 3.55. The molecule has 17 heavy (non-hydrogen) atoms. The molecule has 1 aromatic heterocycles. The number of fused-ring (bicyclic) bond motifs is 1. The van der Waals surface area contributed by atoms with Gasteiger partial charge in [0.05, 0.1) is 0 Å². The van der Waals surface area contributed by atoms with Crippen LogP contribution in [0.2, 0.25) is 0 Å². The molecule has 0 amide bonds. The lowest BCUT2D eigenvalue weighted by atomic mass is 10.1. The number of unbranched alkanes of at least 4 members (excludes halogenated alkanes) is 4. The zero-order valence-corrected chi connectivity index (χ0v) is 10.7. The molecule has 0 unspecified atom stereocenters. The number of pyridine rings is 1. The van der Waals surface area contributed by atoms with Crippen LogP contribution in [0.15, 0.2) is 42.7 Å². The van der Waals surface area contributed by atoms with Gasteiger partial charge in [0.1, 0.15) is 6.54 Å². The molecule has 0 aliphatic rings. The van der Waals surface area contributed by atoms with Crippen LogP contribution >= 0.6 is 0 Å². The molecule has 0 atom stereocenters. The van der Waals surface area contributed by atoms with Crippen molar-refractivity contribution in [2.45, 2.75) is 45.6 Å². The Morgan fingerprint density at radius 1 is 0.882 bits per heavy atom. The molecule has 2 aromatic rings. The number of hydrogen-bond acceptors (Lipinski definition) is 0. The summed E-state index contributed by atoms with van der Waals surface area (Å²) in [5.74, 6) is 0. The van der Waals surface area contributed by atoms with E-state index in [9.17, 15) is 0 Å². The van der Waals surface area contributed by atoms with Crippen LogP contribution in [0, 0.1) is 0 Å². The molecule has 0 aliphatic heterocycles. The van der Waals surface area contributed by atoms with Crippen LogP contribution in [-0.2, 0) is 6.54 Å². The number of hydrogen-bond donors (Lipinski definition) is 0. The SMILES string of the molecule is CCCCCCC[n+]1ccc2ccccc2c1. The molecular formula is C16H22N+. The van der Waals surface area contributed by atoms with Crippen molar-refractivity contribution in [3.05, 3.63) is 42.7 Å². The van der Waals surface area contributed by atoms with Gasteiger partial charge in [0.25, 0.3) is 0 Å². The highest BCUT2D eigenvalue weighted by atomic mass is 14.9. The fraction of sp³-hybridized carbons (Fsp3) is 0.438. The van der Waals surface area contributed by atoms with Gasteiger partial charge in [-0.25, -0.2) is 4.57 Å². The molecule has 0 saturated heterocycles. The van der Waals surface area contributed by atoms with Crippen molar-refractivity contribution in [1.29, 1.82) is 0 Å². The van der Waals surface area contributed by atoms with Crippen LogP contribution < -0.4 is 4.57 Å². The van der Waals surface area contributed by atoms with Gasteiger partial charge in [0.2, 0.25) is 0 Å². The average Bonchev–Trinajstić information content (AvgIpc) is 2.38. The third-order valence-electron chi connectivity index (χ3n) is 3.27. The summed E-state index contributed by atoms with van der Waals surface area (Å²) in [6.45, 7) is 3.41. The maximum Gasteiger partial charge on any atom is 0.176 e. The molecule has 0 bridgehead atoms. The summed E-state index contributed by atoms with van der Waals surface area (Å²) >= 11 is 0. The fourth-order valence-electron chi connectivity index (χ4n) is 2.21. The van der Waals surface area contributed by atoms with Gasteiger partial charge in [-0.2, -0.15) is 0 Å². The lowest BCUT2D eigenvalue weighted by Crippen LogP contribution is -2.32. The Kier molecular flexibility index (Phi) is 4.54.